The van der Waals surface area contributed by atoms with Crippen molar-refractivity contribution in [3.8, 4) is 0 Å². The summed E-state index contributed by atoms with van der Waals surface area (Å²) < 4.78 is 6.59. The van der Waals surface area contributed by atoms with Crippen LogP contribution in [-0.2, 0) is 18.0 Å². The Morgan fingerprint density at radius 2 is 1.88 bits per heavy atom. The van der Waals surface area contributed by atoms with Gasteiger partial charge in [-0.3, -0.25) is 10.0 Å². The van der Waals surface area contributed by atoms with Crippen molar-refractivity contribution in [2.75, 3.05) is 0 Å². The zero-order chi connectivity index (χ0) is 17.6. The van der Waals surface area contributed by atoms with Gasteiger partial charge in [0.25, 0.3) is 5.91 Å². The van der Waals surface area contributed by atoms with Gasteiger partial charge >= 0.3 is 6.09 Å². The maximum Gasteiger partial charge on any atom is 0.409 e. The molecule has 0 aliphatic carbocycles. The summed E-state index contributed by atoms with van der Waals surface area (Å²) in [5.74, 6) is -0.598. The molecule has 128 valence electrons. The molecule has 0 unspecified atom stereocenters. The zero-order valence-corrected chi connectivity index (χ0v) is 13.0. The van der Waals surface area contributed by atoms with Gasteiger partial charge in [-0.15, -0.1) is 5.10 Å². The molecule has 1 aromatic heterocycles. The SMILES string of the molecule is O=C(NCc1ccc(C(=O)NO)cc1)OCn1nnc2ccccc21. The van der Waals surface area contributed by atoms with Crippen molar-refractivity contribution in [2.24, 2.45) is 0 Å². The second kappa shape index (κ2) is 7.41. The number of carbonyl (C=O) groups is 2. The third-order valence-electron chi connectivity index (χ3n) is 3.49. The normalized spacial score (nSPS) is 10.4. The van der Waals surface area contributed by atoms with Gasteiger partial charge in [0.2, 0.25) is 0 Å². The molecule has 0 bridgehead atoms. The molecule has 2 amide bonds. The maximum absolute atomic E-state index is 11.8. The van der Waals surface area contributed by atoms with Crippen LogP contribution in [0.1, 0.15) is 15.9 Å². The monoisotopic (exact) mass is 341 g/mol. The highest BCUT2D eigenvalue weighted by atomic mass is 16.6. The van der Waals surface area contributed by atoms with Crippen molar-refractivity contribution in [1.82, 2.24) is 25.8 Å². The number of alkyl carbamates (subject to hydrolysis) is 1. The van der Waals surface area contributed by atoms with Gasteiger partial charge in [-0.1, -0.05) is 29.5 Å². The Balaban J connectivity index is 1.50. The number of para-hydroxylation sites is 1. The summed E-state index contributed by atoms with van der Waals surface area (Å²) >= 11 is 0. The topological polar surface area (TPSA) is 118 Å². The van der Waals surface area contributed by atoms with E-state index < -0.39 is 12.0 Å². The van der Waals surface area contributed by atoms with E-state index in [0.717, 1.165) is 16.6 Å². The highest BCUT2D eigenvalue weighted by molar-refractivity contribution is 5.93. The second-order valence-electron chi connectivity index (χ2n) is 5.13. The second-order valence-corrected chi connectivity index (χ2v) is 5.13. The smallest absolute Gasteiger partial charge is 0.409 e. The van der Waals surface area contributed by atoms with Gasteiger partial charge < -0.3 is 10.1 Å². The summed E-state index contributed by atoms with van der Waals surface area (Å²) in [5, 5.41) is 19.0. The Morgan fingerprint density at radius 1 is 1.12 bits per heavy atom. The van der Waals surface area contributed by atoms with Gasteiger partial charge in [0, 0.05) is 12.1 Å². The standard InChI is InChI=1S/C16H15N5O4/c22-15(19-24)12-7-5-11(6-8-12)9-17-16(23)25-10-21-14-4-2-1-3-13(14)18-20-21/h1-8,24H,9-10H2,(H,17,23)(H,19,22). The fraction of sp³-hybridized carbons (Fsp3) is 0.125. The number of nitrogens with one attached hydrogen (secondary N) is 2. The largest absolute Gasteiger partial charge is 0.426 e. The molecular formula is C16H15N5O4. The quantitative estimate of drug-likeness (QED) is 0.477. The molecule has 3 rings (SSSR count). The Labute approximate surface area is 142 Å². The van der Waals surface area contributed by atoms with Gasteiger partial charge in [0.15, 0.2) is 6.73 Å². The summed E-state index contributed by atoms with van der Waals surface area (Å²) in [7, 11) is 0. The van der Waals surface area contributed by atoms with Crippen molar-refractivity contribution >= 4 is 23.0 Å². The van der Waals surface area contributed by atoms with E-state index in [1.165, 1.54) is 16.8 Å². The van der Waals surface area contributed by atoms with Crippen molar-refractivity contribution in [1.29, 1.82) is 0 Å². The number of nitrogens with zero attached hydrogens (tertiary/aromatic N) is 3. The number of benzene rings is 2. The average molecular weight is 341 g/mol. The van der Waals surface area contributed by atoms with Crippen molar-refractivity contribution < 1.29 is 19.5 Å². The molecule has 0 fully saturated rings. The number of ether oxygens (including phenoxy) is 1. The van der Waals surface area contributed by atoms with E-state index in [0.29, 0.717) is 5.56 Å². The maximum atomic E-state index is 11.8. The molecule has 0 saturated carbocycles. The molecule has 0 radical (unpaired) electrons. The average Bonchev–Trinajstić information content (AvgIpc) is 3.07. The fourth-order valence-electron chi connectivity index (χ4n) is 2.20. The predicted molar refractivity (Wildman–Crippen MR) is 86.5 cm³/mol. The number of rotatable bonds is 5. The van der Waals surface area contributed by atoms with Crippen LogP contribution in [0.4, 0.5) is 4.79 Å². The van der Waals surface area contributed by atoms with Crippen LogP contribution in [-0.4, -0.2) is 32.2 Å². The molecule has 3 N–H and O–H groups in total. The van der Waals surface area contributed by atoms with Gasteiger partial charge in [-0.2, -0.15) is 0 Å². The van der Waals surface area contributed by atoms with Crippen LogP contribution < -0.4 is 10.8 Å². The number of hydroxylamine groups is 1. The minimum absolute atomic E-state index is 0.0536. The van der Waals surface area contributed by atoms with Crippen LogP contribution in [0, 0.1) is 0 Å². The third-order valence-corrected chi connectivity index (χ3v) is 3.49. The first kappa shape index (κ1) is 16.4. The molecule has 0 atom stereocenters. The van der Waals surface area contributed by atoms with Crippen molar-refractivity contribution in [3.05, 3.63) is 59.7 Å². The first-order valence-corrected chi connectivity index (χ1v) is 7.39. The number of hydrogen-bond acceptors (Lipinski definition) is 6. The van der Waals surface area contributed by atoms with Crippen LogP contribution in [0.25, 0.3) is 11.0 Å². The van der Waals surface area contributed by atoms with Crippen LogP contribution in [0.3, 0.4) is 0 Å². The lowest BCUT2D eigenvalue weighted by atomic mass is 10.1. The van der Waals surface area contributed by atoms with Gasteiger partial charge in [0.1, 0.15) is 5.52 Å². The molecule has 3 aromatic rings. The molecular weight excluding hydrogens is 326 g/mol. The van der Waals surface area contributed by atoms with Crippen LogP contribution in [0.5, 0.6) is 0 Å². The van der Waals surface area contributed by atoms with Crippen LogP contribution >= 0.6 is 0 Å². The first-order chi connectivity index (χ1) is 12.2. The number of hydrogen-bond donors (Lipinski definition) is 3. The highest BCUT2D eigenvalue weighted by Crippen LogP contribution is 2.09. The zero-order valence-electron chi connectivity index (χ0n) is 13.0. The minimum atomic E-state index is -0.600. The first-order valence-electron chi connectivity index (χ1n) is 7.39. The number of aromatic nitrogens is 3. The van der Waals surface area contributed by atoms with E-state index in [-0.39, 0.29) is 13.3 Å². The third kappa shape index (κ3) is 3.90. The molecule has 9 nitrogen and oxygen atoms in total. The molecule has 2 aromatic carbocycles. The Morgan fingerprint density at radius 3 is 2.64 bits per heavy atom. The lowest BCUT2D eigenvalue weighted by Crippen LogP contribution is -2.25. The summed E-state index contributed by atoms with van der Waals surface area (Å²) in [4.78, 5) is 23.0. The van der Waals surface area contributed by atoms with Crippen molar-refractivity contribution in [3.63, 3.8) is 0 Å². The molecule has 0 aliphatic rings. The predicted octanol–water partition coefficient (Wildman–Crippen LogP) is 1.43. The highest BCUT2D eigenvalue weighted by Gasteiger charge is 2.07. The van der Waals surface area contributed by atoms with Crippen LogP contribution in [0.2, 0.25) is 0 Å². The van der Waals surface area contributed by atoms with Gasteiger partial charge in [0.05, 0.1) is 5.52 Å². The van der Waals surface area contributed by atoms with E-state index >= 15 is 0 Å². The Hall–Kier alpha value is -3.46. The molecule has 0 saturated heterocycles. The van der Waals surface area contributed by atoms with E-state index in [1.54, 1.807) is 17.6 Å². The molecule has 0 spiro atoms. The lowest BCUT2D eigenvalue weighted by Gasteiger charge is -2.08. The molecule has 1 heterocycles. The summed E-state index contributed by atoms with van der Waals surface area (Å²) in [6.45, 7) is 0.180. The van der Waals surface area contributed by atoms with Gasteiger partial charge in [-0.25, -0.2) is 15.0 Å². The van der Waals surface area contributed by atoms with E-state index in [4.69, 9.17) is 9.94 Å². The lowest BCUT2D eigenvalue weighted by molar-refractivity contribution is 0.0706. The van der Waals surface area contributed by atoms with Crippen molar-refractivity contribution in [2.45, 2.75) is 13.3 Å². The van der Waals surface area contributed by atoms with Crippen LogP contribution in [0.15, 0.2) is 48.5 Å². The summed E-state index contributed by atoms with van der Waals surface area (Å²) in [6, 6.07) is 13.8. The number of fused-ring (bicyclic) bond motifs is 1. The Bertz CT molecular complexity index is 891. The van der Waals surface area contributed by atoms with E-state index in [9.17, 15) is 9.59 Å². The Kier molecular flexibility index (Phi) is 4.86. The number of carbonyl (C=O) groups excluding carboxylic acids is 2. The number of amides is 2. The minimum Gasteiger partial charge on any atom is -0.426 e. The van der Waals surface area contributed by atoms with E-state index in [2.05, 4.69) is 15.6 Å². The molecule has 0 aliphatic heterocycles. The summed E-state index contributed by atoms with van der Waals surface area (Å²) in [6.07, 6.45) is -0.600. The van der Waals surface area contributed by atoms with Gasteiger partial charge in [-0.05, 0) is 29.8 Å². The molecule has 25 heavy (non-hydrogen) atoms. The van der Waals surface area contributed by atoms with E-state index in [1.807, 2.05) is 24.3 Å². The fourth-order valence-corrected chi connectivity index (χ4v) is 2.20. The summed E-state index contributed by atoms with van der Waals surface area (Å²) in [5.41, 5.74) is 4.13. The molecule has 9 heteroatoms.